The zero-order chi connectivity index (χ0) is 15.9. The van der Waals surface area contributed by atoms with Crippen molar-refractivity contribution in [2.45, 2.75) is 45.7 Å². The number of thiazole rings is 1. The minimum atomic E-state index is -0.0141. The lowest BCUT2D eigenvalue weighted by Crippen LogP contribution is -2.30. The topological polar surface area (TPSA) is 51.1 Å². The Morgan fingerprint density at radius 1 is 1.32 bits per heavy atom. The van der Waals surface area contributed by atoms with Gasteiger partial charge in [-0.15, -0.1) is 0 Å². The van der Waals surface area contributed by atoms with Crippen molar-refractivity contribution < 1.29 is 4.79 Å². The molecule has 1 heterocycles. The maximum absolute atomic E-state index is 12.2. The van der Waals surface area contributed by atoms with Crippen LogP contribution in [0.15, 0.2) is 40.5 Å². The molecule has 0 spiro atoms. The van der Waals surface area contributed by atoms with E-state index in [1.54, 1.807) is 4.57 Å². The van der Waals surface area contributed by atoms with E-state index in [9.17, 15) is 9.59 Å². The number of carbonyl (C=O) groups is 1. The van der Waals surface area contributed by atoms with E-state index in [1.165, 1.54) is 11.3 Å². The van der Waals surface area contributed by atoms with Crippen LogP contribution in [0.5, 0.6) is 0 Å². The van der Waals surface area contributed by atoms with Crippen molar-refractivity contribution in [3.63, 3.8) is 0 Å². The molecular formula is C17H22N2O2S. The van der Waals surface area contributed by atoms with Gasteiger partial charge >= 0.3 is 4.87 Å². The summed E-state index contributed by atoms with van der Waals surface area (Å²) in [7, 11) is 0. The van der Waals surface area contributed by atoms with Gasteiger partial charge in [0.2, 0.25) is 5.91 Å². The number of rotatable bonds is 7. The van der Waals surface area contributed by atoms with E-state index in [1.807, 2.05) is 42.6 Å². The molecule has 0 bridgehead atoms. The van der Waals surface area contributed by atoms with Gasteiger partial charge in [0.1, 0.15) is 0 Å². The predicted octanol–water partition coefficient (Wildman–Crippen LogP) is 3.27. The summed E-state index contributed by atoms with van der Waals surface area (Å²) in [6.45, 7) is 4.43. The number of nitrogens with one attached hydrogen (secondary N) is 1. The number of aryl methyl sites for hydroxylation is 1. The molecule has 22 heavy (non-hydrogen) atoms. The Kier molecular flexibility index (Phi) is 5.95. The highest BCUT2D eigenvalue weighted by atomic mass is 32.1. The van der Waals surface area contributed by atoms with Gasteiger partial charge in [-0.3, -0.25) is 9.59 Å². The lowest BCUT2D eigenvalue weighted by Gasteiger charge is -2.18. The third-order valence-electron chi connectivity index (χ3n) is 3.65. The van der Waals surface area contributed by atoms with Gasteiger partial charge in [0.05, 0.1) is 6.04 Å². The lowest BCUT2D eigenvalue weighted by atomic mass is 10.0. The van der Waals surface area contributed by atoms with Crippen molar-refractivity contribution in [3.8, 4) is 0 Å². The Balaban J connectivity index is 1.96. The average Bonchev–Trinajstić information content (AvgIpc) is 2.84. The van der Waals surface area contributed by atoms with Crippen LogP contribution < -0.4 is 10.2 Å². The molecule has 0 aliphatic carbocycles. The Hall–Kier alpha value is -1.88. The molecule has 1 aromatic heterocycles. The SMILES string of the molecule is CCCC(NC(=O)CCn1c(C)csc1=O)c1ccccc1. The number of carbonyl (C=O) groups excluding carboxylic acids is 1. The van der Waals surface area contributed by atoms with E-state index in [0.29, 0.717) is 13.0 Å². The first-order valence-corrected chi connectivity index (χ1v) is 8.49. The smallest absolute Gasteiger partial charge is 0.307 e. The van der Waals surface area contributed by atoms with Crippen molar-refractivity contribution in [2.24, 2.45) is 0 Å². The highest BCUT2D eigenvalue weighted by molar-refractivity contribution is 7.07. The summed E-state index contributed by atoms with van der Waals surface area (Å²) in [5.74, 6) is -0.0141. The second-order valence-corrected chi connectivity index (χ2v) is 6.18. The van der Waals surface area contributed by atoms with Gasteiger partial charge in [0, 0.05) is 24.0 Å². The third-order valence-corrected chi connectivity index (χ3v) is 4.53. The molecule has 0 aliphatic rings. The van der Waals surface area contributed by atoms with Crippen LogP contribution in [0.3, 0.4) is 0 Å². The molecule has 5 heteroatoms. The average molecular weight is 318 g/mol. The molecule has 2 aromatic rings. The standard InChI is InChI=1S/C17H22N2O2S/c1-3-7-15(14-8-5-4-6-9-14)18-16(20)10-11-19-13(2)12-22-17(19)21/h4-6,8-9,12,15H,3,7,10-11H2,1-2H3,(H,18,20). The number of benzene rings is 1. The molecule has 0 aliphatic heterocycles. The Labute approximate surface area is 134 Å². The highest BCUT2D eigenvalue weighted by Crippen LogP contribution is 2.18. The van der Waals surface area contributed by atoms with Crippen molar-refractivity contribution in [3.05, 3.63) is 56.6 Å². The number of amides is 1. The van der Waals surface area contributed by atoms with Crippen LogP contribution >= 0.6 is 11.3 Å². The zero-order valence-electron chi connectivity index (χ0n) is 13.0. The number of nitrogens with zero attached hydrogens (tertiary/aromatic N) is 1. The first kappa shape index (κ1) is 16.5. The van der Waals surface area contributed by atoms with Crippen LogP contribution in [0.25, 0.3) is 0 Å². The summed E-state index contributed by atoms with van der Waals surface area (Å²) < 4.78 is 1.65. The van der Waals surface area contributed by atoms with Gasteiger partial charge in [-0.2, -0.15) is 0 Å². The van der Waals surface area contributed by atoms with Crippen LogP contribution in [-0.4, -0.2) is 10.5 Å². The quantitative estimate of drug-likeness (QED) is 0.852. The third kappa shape index (κ3) is 4.31. The van der Waals surface area contributed by atoms with Crippen molar-refractivity contribution in [1.29, 1.82) is 0 Å². The summed E-state index contributed by atoms with van der Waals surface area (Å²) in [6.07, 6.45) is 2.24. The van der Waals surface area contributed by atoms with Gasteiger partial charge in [-0.25, -0.2) is 0 Å². The Morgan fingerprint density at radius 3 is 2.64 bits per heavy atom. The van der Waals surface area contributed by atoms with Gasteiger partial charge in [0.25, 0.3) is 0 Å². The first-order chi connectivity index (χ1) is 10.6. The van der Waals surface area contributed by atoms with Crippen LogP contribution in [0.4, 0.5) is 0 Å². The van der Waals surface area contributed by atoms with Gasteiger partial charge in [-0.1, -0.05) is 55.0 Å². The highest BCUT2D eigenvalue weighted by Gasteiger charge is 2.14. The normalized spacial score (nSPS) is 12.1. The van der Waals surface area contributed by atoms with Gasteiger partial charge < -0.3 is 9.88 Å². The second kappa shape index (κ2) is 7.94. The molecule has 4 nitrogen and oxygen atoms in total. The van der Waals surface area contributed by atoms with Crippen molar-refractivity contribution >= 4 is 17.2 Å². The van der Waals surface area contributed by atoms with E-state index in [-0.39, 0.29) is 16.8 Å². The monoisotopic (exact) mass is 318 g/mol. The number of aromatic nitrogens is 1. The Bertz CT molecular complexity index is 661. The molecule has 118 valence electrons. The van der Waals surface area contributed by atoms with Gasteiger partial charge in [0.15, 0.2) is 0 Å². The summed E-state index contributed by atoms with van der Waals surface area (Å²) in [5, 5.41) is 4.91. The van der Waals surface area contributed by atoms with E-state index in [0.717, 1.165) is 24.1 Å². The summed E-state index contributed by atoms with van der Waals surface area (Å²) in [6, 6.07) is 10.1. The first-order valence-electron chi connectivity index (χ1n) is 7.61. The van der Waals surface area contributed by atoms with E-state index in [2.05, 4.69) is 12.2 Å². The summed E-state index contributed by atoms with van der Waals surface area (Å²) >= 11 is 1.18. The number of hydrogen-bond acceptors (Lipinski definition) is 3. The van der Waals surface area contributed by atoms with E-state index in [4.69, 9.17) is 0 Å². The lowest BCUT2D eigenvalue weighted by molar-refractivity contribution is -0.122. The fraction of sp³-hybridized carbons (Fsp3) is 0.412. The minimum Gasteiger partial charge on any atom is -0.349 e. The molecule has 0 saturated heterocycles. The second-order valence-electron chi connectivity index (χ2n) is 5.36. The fourth-order valence-electron chi connectivity index (χ4n) is 2.45. The summed E-state index contributed by atoms with van der Waals surface area (Å²) in [4.78, 5) is 23.8. The molecular weight excluding hydrogens is 296 g/mol. The Morgan fingerprint density at radius 2 is 2.05 bits per heavy atom. The van der Waals surface area contributed by atoms with Crippen LogP contribution in [-0.2, 0) is 11.3 Å². The van der Waals surface area contributed by atoms with E-state index >= 15 is 0 Å². The molecule has 0 radical (unpaired) electrons. The van der Waals surface area contributed by atoms with E-state index < -0.39 is 0 Å². The molecule has 0 fully saturated rings. The van der Waals surface area contributed by atoms with Gasteiger partial charge in [-0.05, 0) is 18.9 Å². The van der Waals surface area contributed by atoms with Crippen molar-refractivity contribution in [1.82, 2.24) is 9.88 Å². The fourth-order valence-corrected chi connectivity index (χ4v) is 3.21. The van der Waals surface area contributed by atoms with Crippen LogP contribution in [0, 0.1) is 6.92 Å². The molecule has 1 N–H and O–H groups in total. The largest absolute Gasteiger partial charge is 0.349 e. The zero-order valence-corrected chi connectivity index (χ0v) is 13.9. The molecule has 1 unspecified atom stereocenters. The molecule has 1 aromatic carbocycles. The maximum Gasteiger partial charge on any atom is 0.307 e. The molecule has 2 rings (SSSR count). The number of hydrogen-bond donors (Lipinski definition) is 1. The minimum absolute atomic E-state index is 0.00142. The van der Waals surface area contributed by atoms with Crippen molar-refractivity contribution in [2.75, 3.05) is 0 Å². The maximum atomic E-state index is 12.2. The van der Waals surface area contributed by atoms with Crippen LogP contribution in [0.2, 0.25) is 0 Å². The summed E-state index contributed by atoms with van der Waals surface area (Å²) in [5.41, 5.74) is 2.04. The molecule has 1 amide bonds. The van der Waals surface area contributed by atoms with Crippen LogP contribution in [0.1, 0.15) is 43.5 Å². The predicted molar refractivity (Wildman–Crippen MR) is 90.2 cm³/mol. The molecule has 1 atom stereocenters. The molecule has 0 saturated carbocycles.